The van der Waals surface area contributed by atoms with E-state index in [1.807, 2.05) is 31.2 Å². The van der Waals surface area contributed by atoms with Gasteiger partial charge in [0.15, 0.2) is 9.84 Å². The molecule has 0 aliphatic heterocycles. The smallest absolute Gasteiger partial charge is 0.153 e. The number of nitrogens with two attached hydrogens (primary N) is 1. The highest BCUT2D eigenvalue weighted by Gasteiger charge is 2.07. The van der Waals surface area contributed by atoms with Crippen LogP contribution in [0.25, 0.3) is 0 Å². The van der Waals surface area contributed by atoms with Crippen molar-refractivity contribution in [2.24, 2.45) is 5.73 Å². The molecular formula is C14H23NO3S. The molecule has 0 saturated heterocycles. The summed E-state index contributed by atoms with van der Waals surface area (Å²) in [7, 11) is -2.95. The zero-order valence-electron chi connectivity index (χ0n) is 11.6. The normalized spacial score (nSPS) is 13.2. The van der Waals surface area contributed by atoms with E-state index < -0.39 is 9.84 Å². The Bertz CT molecular complexity index is 466. The monoisotopic (exact) mass is 285 g/mol. The molecule has 1 rings (SSSR count). The maximum Gasteiger partial charge on any atom is 0.153 e. The van der Waals surface area contributed by atoms with Gasteiger partial charge in [-0.3, -0.25) is 0 Å². The van der Waals surface area contributed by atoms with Crippen LogP contribution < -0.4 is 10.5 Å². The van der Waals surface area contributed by atoms with Crippen molar-refractivity contribution < 1.29 is 13.2 Å². The van der Waals surface area contributed by atoms with Crippen molar-refractivity contribution >= 4 is 9.84 Å². The fourth-order valence-electron chi connectivity index (χ4n) is 1.58. The van der Waals surface area contributed by atoms with Gasteiger partial charge in [-0.1, -0.05) is 19.1 Å². The van der Waals surface area contributed by atoms with Crippen molar-refractivity contribution in [3.8, 4) is 5.75 Å². The largest absolute Gasteiger partial charge is 0.493 e. The molecule has 1 unspecified atom stereocenters. The van der Waals surface area contributed by atoms with Crippen molar-refractivity contribution in [3.05, 3.63) is 29.8 Å². The number of hydrogen-bond donors (Lipinski definition) is 1. The first-order chi connectivity index (χ1) is 8.93. The van der Waals surface area contributed by atoms with Crippen molar-refractivity contribution in [3.63, 3.8) is 0 Å². The maximum absolute atomic E-state index is 11.3. The Hall–Kier alpha value is -1.07. The van der Waals surface area contributed by atoms with Gasteiger partial charge in [-0.05, 0) is 37.5 Å². The van der Waals surface area contributed by atoms with Gasteiger partial charge < -0.3 is 10.5 Å². The molecule has 0 aliphatic rings. The van der Waals surface area contributed by atoms with Crippen LogP contribution in [0.3, 0.4) is 0 Å². The summed E-state index contributed by atoms with van der Waals surface area (Å²) in [6.07, 6.45) is 1.90. The van der Waals surface area contributed by atoms with E-state index >= 15 is 0 Å². The van der Waals surface area contributed by atoms with Gasteiger partial charge in [-0.15, -0.1) is 0 Å². The van der Waals surface area contributed by atoms with Crippen molar-refractivity contribution in [1.29, 1.82) is 0 Å². The van der Waals surface area contributed by atoms with E-state index in [-0.39, 0.29) is 24.2 Å². The van der Waals surface area contributed by atoms with Gasteiger partial charge >= 0.3 is 0 Å². The Kier molecular flexibility index (Phi) is 6.31. The third-order valence-electron chi connectivity index (χ3n) is 2.91. The Morgan fingerprint density at radius 2 is 1.89 bits per heavy atom. The third kappa shape index (κ3) is 6.59. The minimum Gasteiger partial charge on any atom is -0.493 e. The maximum atomic E-state index is 11.3. The number of benzene rings is 1. The second kappa shape index (κ2) is 7.50. The van der Waals surface area contributed by atoms with E-state index in [0.717, 1.165) is 12.8 Å². The summed E-state index contributed by atoms with van der Waals surface area (Å²) in [6.45, 7) is 3.84. The number of ether oxygens (including phenoxy) is 1. The summed E-state index contributed by atoms with van der Waals surface area (Å²) in [4.78, 5) is 0. The molecule has 108 valence electrons. The molecule has 0 radical (unpaired) electrons. The topological polar surface area (TPSA) is 69.4 Å². The van der Waals surface area contributed by atoms with Crippen molar-refractivity contribution in [2.75, 3.05) is 18.1 Å². The molecule has 0 amide bonds. The van der Waals surface area contributed by atoms with Crippen molar-refractivity contribution in [1.82, 2.24) is 0 Å². The molecule has 0 heterocycles. The molecule has 1 atom stereocenters. The molecule has 0 bridgehead atoms. The van der Waals surface area contributed by atoms with Crippen LogP contribution in [0.2, 0.25) is 0 Å². The first kappa shape index (κ1) is 16.0. The van der Waals surface area contributed by atoms with E-state index in [4.69, 9.17) is 10.5 Å². The van der Waals surface area contributed by atoms with Crippen LogP contribution in [-0.4, -0.2) is 32.6 Å². The summed E-state index contributed by atoms with van der Waals surface area (Å²) in [5.41, 5.74) is 6.92. The highest BCUT2D eigenvalue weighted by atomic mass is 32.2. The fourth-order valence-corrected chi connectivity index (χ4v) is 2.20. The highest BCUT2D eigenvalue weighted by Crippen LogP contribution is 2.13. The van der Waals surface area contributed by atoms with Gasteiger partial charge in [0.25, 0.3) is 0 Å². The molecule has 0 aromatic heterocycles. The molecule has 5 heteroatoms. The summed E-state index contributed by atoms with van der Waals surface area (Å²) in [5.74, 6) is 0.929. The molecule has 0 saturated carbocycles. The van der Waals surface area contributed by atoms with Crippen LogP contribution in [0.1, 0.15) is 25.8 Å². The molecule has 19 heavy (non-hydrogen) atoms. The Morgan fingerprint density at radius 1 is 1.26 bits per heavy atom. The lowest BCUT2D eigenvalue weighted by molar-refractivity contribution is 0.341. The zero-order valence-corrected chi connectivity index (χ0v) is 12.4. The van der Waals surface area contributed by atoms with E-state index in [0.29, 0.717) is 5.75 Å². The van der Waals surface area contributed by atoms with Crippen LogP contribution in [0, 0.1) is 0 Å². The van der Waals surface area contributed by atoms with Gasteiger partial charge in [-0.2, -0.15) is 0 Å². The van der Waals surface area contributed by atoms with Crippen LogP contribution in [0.4, 0.5) is 0 Å². The number of sulfone groups is 1. The van der Waals surface area contributed by atoms with Crippen LogP contribution in [0.5, 0.6) is 5.75 Å². The molecule has 0 fully saturated rings. The Morgan fingerprint density at radius 3 is 2.42 bits per heavy atom. The van der Waals surface area contributed by atoms with Crippen LogP contribution in [0.15, 0.2) is 24.3 Å². The third-order valence-corrected chi connectivity index (χ3v) is 4.58. The highest BCUT2D eigenvalue weighted by molar-refractivity contribution is 7.91. The quantitative estimate of drug-likeness (QED) is 0.790. The molecule has 2 N–H and O–H groups in total. The number of hydrogen-bond acceptors (Lipinski definition) is 4. The Balaban J connectivity index is 2.40. The zero-order chi connectivity index (χ0) is 14.3. The molecule has 1 aromatic carbocycles. The summed E-state index contributed by atoms with van der Waals surface area (Å²) in [5, 5.41) is 0. The summed E-state index contributed by atoms with van der Waals surface area (Å²) >= 11 is 0. The fraction of sp³-hybridized carbons (Fsp3) is 0.571. The van der Waals surface area contributed by atoms with Gasteiger partial charge in [0.1, 0.15) is 12.4 Å². The van der Waals surface area contributed by atoms with E-state index in [1.54, 1.807) is 6.92 Å². The molecule has 0 spiro atoms. The molecule has 1 aromatic rings. The average molecular weight is 285 g/mol. The van der Waals surface area contributed by atoms with E-state index in [9.17, 15) is 8.42 Å². The number of aryl methyl sites for hydroxylation is 1. The lowest BCUT2D eigenvalue weighted by Crippen LogP contribution is -2.15. The molecule has 4 nitrogen and oxygen atoms in total. The Labute approximate surface area is 115 Å². The van der Waals surface area contributed by atoms with Gasteiger partial charge in [0, 0.05) is 11.8 Å². The van der Waals surface area contributed by atoms with Gasteiger partial charge in [0.2, 0.25) is 0 Å². The van der Waals surface area contributed by atoms with Gasteiger partial charge in [-0.25, -0.2) is 8.42 Å². The lowest BCUT2D eigenvalue weighted by Gasteiger charge is -2.08. The average Bonchev–Trinajstić information content (AvgIpc) is 2.37. The molecule has 0 aliphatic carbocycles. The second-order valence-corrected chi connectivity index (χ2v) is 7.22. The van der Waals surface area contributed by atoms with Crippen LogP contribution in [-0.2, 0) is 16.3 Å². The SMILES string of the molecule is CCS(=O)(=O)CCOc1ccc(CCC(C)N)cc1. The second-order valence-electron chi connectivity index (χ2n) is 4.74. The van der Waals surface area contributed by atoms with Crippen LogP contribution >= 0.6 is 0 Å². The predicted octanol–water partition coefficient (Wildman–Crippen LogP) is 1.78. The first-order valence-corrected chi connectivity index (χ1v) is 8.43. The predicted molar refractivity (Wildman–Crippen MR) is 78.2 cm³/mol. The summed E-state index contributed by atoms with van der Waals surface area (Å²) in [6, 6.07) is 7.93. The lowest BCUT2D eigenvalue weighted by atomic mass is 10.1. The number of rotatable bonds is 8. The minimum atomic E-state index is -2.95. The minimum absolute atomic E-state index is 0.0654. The molecular weight excluding hydrogens is 262 g/mol. The van der Waals surface area contributed by atoms with E-state index in [2.05, 4.69) is 0 Å². The standard InChI is InChI=1S/C14H23NO3S/c1-3-19(16,17)11-10-18-14-8-6-13(7-9-14)5-4-12(2)15/h6-9,12H,3-5,10-11,15H2,1-2H3. The summed E-state index contributed by atoms with van der Waals surface area (Å²) < 4.78 is 28.0. The van der Waals surface area contributed by atoms with Crippen molar-refractivity contribution in [2.45, 2.75) is 32.7 Å². The van der Waals surface area contributed by atoms with Gasteiger partial charge in [0.05, 0.1) is 5.75 Å². The first-order valence-electron chi connectivity index (χ1n) is 6.60. The van der Waals surface area contributed by atoms with E-state index in [1.165, 1.54) is 5.56 Å².